The summed E-state index contributed by atoms with van der Waals surface area (Å²) in [6.07, 6.45) is 0.682. The highest BCUT2D eigenvalue weighted by Crippen LogP contribution is 2.28. The molecule has 5 nitrogen and oxygen atoms in total. The van der Waals surface area contributed by atoms with Gasteiger partial charge in [-0.1, -0.05) is 0 Å². The number of anilines is 1. The number of aliphatic hydroxyl groups excluding tert-OH is 1. The molecule has 0 aromatic heterocycles. The van der Waals surface area contributed by atoms with Crippen molar-refractivity contribution in [2.45, 2.75) is 16.2 Å². The summed E-state index contributed by atoms with van der Waals surface area (Å²) in [6, 6.07) is 4.72. The fourth-order valence-corrected chi connectivity index (χ4v) is 3.10. The maximum absolute atomic E-state index is 11.9. The van der Waals surface area contributed by atoms with Crippen molar-refractivity contribution < 1.29 is 13.5 Å². The molecule has 0 aliphatic rings. The molecule has 0 unspecified atom stereocenters. The van der Waals surface area contributed by atoms with Crippen LogP contribution in [0.2, 0.25) is 0 Å². The highest BCUT2D eigenvalue weighted by molar-refractivity contribution is 7.99. The molecular formula is C11H18N2O3S2. The Hall–Kier alpha value is -0.760. The Morgan fingerprint density at radius 2 is 2.06 bits per heavy atom. The summed E-state index contributed by atoms with van der Waals surface area (Å²) in [6.45, 7) is 0.139. The third-order valence-corrected chi connectivity index (χ3v) is 5.31. The first kappa shape index (κ1) is 15.3. The fraction of sp³-hybridized carbons (Fsp3) is 0.455. The molecule has 0 atom stereocenters. The van der Waals surface area contributed by atoms with Crippen molar-refractivity contribution in [1.29, 1.82) is 0 Å². The second-order valence-corrected chi connectivity index (χ2v) is 7.20. The molecule has 7 heteroatoms. The van der Waals surface area contributed by atoms with Crippen LogP contribution < -0.4 is 5.73 Å². The molecule has 0 spiro atoms. The van der Waals surface area contributed by atoms with Gasteiger partial charge < -0.3 is 10.8 Å². The van der Waals surface area contributed by atoms with Crippen LogP contribution in [-0.2, 0) is 10.0 Å². The van der Waals surface area contributed by atoms with Crippen LogP contribution >= 0.6 is 11.8 Å². The molecule has 0 heterocycles. The molecule has 0 saturated carbocycles. The van der Waals surface area contributed by atoms with Crippen LogP contribution in [0.15, 0.2) is 28.0 Å². The van der Waals surface area contributed by atoms with Gasteiger partial charge >= 0.3 is 0 Å². The molecule has 0 aliphatic heterocycles. The number of thioether (sulfide) groups is 1. The molecule has 102 valence electrons. The SMILES string of the molecule is CN(C)S(=O)(=O)c1ccc(SCCCO)c(N)c1. The number of hydrogen-bond donors (Lipinski definition) is 2. The molecule has 18 heavy (non-hydrogen) atoms. The molecular weight excluding hydrogens is 272 g/mol. The van der Waals surface area contributed by atoms with Crippen molar-refractivity contribution in [2.75, 3.05) is 32.2 Å². The smallest absolute Gasteiger partial charge is 0.242 e. The number of aliphatic hydroxyl groups is 1. The quantitative estimate of drug-likeness (QED) is 0.464. The minimum Gasteiger partial charge on any atom is -0.398 e. The summed E-state index contributed by atoms with van der Waals surface area (Å²) in [5.74, 6) is 0.750. The average molecular weight is 290 g/mol. The number of nitrogens with two attached hydrogens (primary N) is 1. The summed E-state index contributed by atoms with van der Waals surface area (Å²) in [7, 11) is -0.474. The summed E-state index contributed by atoms with van der Waals surface area (Å²) < 4.78 is 24.9. The van der Waals surface area contributed by atoms with Gasteiger partial charge in [0.1, 0.15) is 0 Å². The van der Waals surface area contributed by atoms with Gasteiger partial charge in [-0.25, -0.2) is 12.7 Å². The first-order valence-electron chi connectivity index (χ1n) is 5.45. The molecule has 0 radical (unpaired) electrons. The lowest BCUT2D eigenvalue weighted by Gasteiger charge is -2.13. The molecule has 1 aromatic carbocycles. The predicted octanol–water partition coefficient (Wildman–Crippen LogP) is 0.994. The number of rotatable bonds is 6. The molecule has 1 rings (SSSR count). The average Bonchev–Trinajstić information content (AvgIpc) is 2.31. The molecule has 3 N–H and O–H groups in total. The van der Waals surface area contributed by atoms with Crippen molar-refractivity contribution >= 4 is 27.5 Å². The summed E-state index contributed by atoms with van der Waals surface area (Å²) in [5, 5.41) is 8.70. The van der Waals surface area contributed by atoms with Crippen LogP contribution in [0.4, 0.5) is 5.69 Å². The van der Waals surface area contributed by atoms with Crippen molar-refractivity contribution in [1.82, 2.24) is 4.31 Å². The van der Waals surface area contributed by atoms with E-state index in [9.17, 15) is 8.42 Å². The second-order valence-electron chi connectivity index (χ2n) is 3.91. The van der Waals surface area contributed by atoms with Gasteiger partial charge in [-0.15, -0.1) is 11.8 Å². The van der Waals surface area contributed by atoms with Crippen LogP contribution in [0.3, 0.4) is 0 Å². The Kier molecular flexibility index (Phi) is 5.46. The van der Waals surface area contributed by atoms with Gasteiger partial charge in [0.15, 0.2) is 0 Å². The largest absolute Gasteiger partial charge is 0.398 e. The van der Waals surface area contributed by atoms with Crippen LogP contribution in [0.25, 0.3) is 0 Å². The lowest BCUT2D eigenvalue weighted by atomic mass is 10.3. The Balaban J connectivity index is 2.93. The predicted molar refractivity (Wildman–Crippen MR) is 74.2 cm³/mol. The fourth-order valence-electron chi connectivity index (χ4n) is 1.28. The molecule has 0 amide bonds. The first-order valence-corrected chi connectivity index (χ1v) is 7.88. The van der Waals surface area contributed by atoms with Gasteiger partial charge in [0.2, 0.25) is 10.0 Å². The van der Waals surface area contributed by atoms with E-state index in [2.05, 4.69) is 0 Å². The summed E-state index contributed by atoms with van der Waals surface area (Å²) in [4.78, 5) is 1.03. The summed E-state index contributed by atoms with van der Waals surface area (Å²) >= 11 is 1.51. The maximum Gasteiger partial charge on any atom is 0.242 e. The van der Waals surface area contributed by atoms with E-state index in [0.717, 1.165) is 15.0 Å². The van der Waals surface area contributed by atoms with E-state index in [1.807, 2.05) is 0 Å². The molecule has 0 aliphatic carbocycles. The van der Waals surface area contributed by atoms with E-state index in [4.69, 9.17) is 10.8 Å². The van der Waals surface area contributed by atoms with Crippen LogP contribution in [0.1, 0.15) is 6.42 Å². The normalized spacial score (nSPS) is 12.0. The van der Waals surface area contributed by atoms with E-state index in [-0.39, 0.29) is 11.5 Å². The van der Waals surface area contributed by atoms with Crippen molar-refractivity contribution in [3.05, 3.63) is 18.2 Å². The minimum absolute atomic E-state index is 0.139. The minimum atomic E-state index is -3.44. The Morgan fingerprint density at radius 1 is 1.39 bits per heavy atom. The standard InChI is InChI=1S/C11H18N2O3S2/c1-13(2)18(15,16)9-4-5-11(10(12)8-9)17-7-3-6-14/h4-5,8,14H,3,6-7,12H2,1-2H3. The van der Waals surface area contributed by atoms with Gasteiger partial charge in [0.05, 0.1) is 4.90 Å². The maximum atomic E-state index is 11.9. The van der Waals surface area contributed by atoms with Crippen molar-refractivity contribution in [2.24, 2.45) is 0 Å². The van der Waals surface area contributed by atoms with Gasteiger partial charge in [0, 0.05) is 37.0 Å². The zero-order valence-electron chi connectivity index (χ0n) is 10.5. The van der Waals surface area contributed by atoms with E-state index in [1.165, 1.54) is 31.9 Å². The number of sulfonamides is 1. The number of benzene rings is 1. The van der Waals surface area contributed by atoms with E-state index in [0.29, 0.717) is 12.1 Å². The van der Waals surface area contributed by atoms with Gasteiger partial charge in [-0.3, -0.25) is 0 Å². The number of nitrogen functional groups attached to an aromatic ring is 1. The molecule has 1 aromatic rings. The summed E-state index contributed by atoms with van der Waals surface area (Å²) in [5.41, 5.74) is 6.28. The van der Waals surface area contributed by atoms with Crippen molar-refractivity contribution in [3.8, 4) is 0 Å². The topological polar surface area (TPSA) is 83.6 Å². The first-order chi connectivity index (χ1) is 8.39. The molecule has 0 fully saturated rings. The van der Waals surface area contributed by atoms with Crippen LogP contribution in [-0.4, -0.2) is 44.3 Å². The zero-order chi connectivity index (χ0) is 13.8. The Bertz CT molecular complexity index is 501. The number of hydrogen-bond acceptors (Lipinski definition) is 5. The van der Waals surface area contributed by atoms with E-state index >= 15 is 0 Å². The molecule has 0 bridgehead atoms. The van der Waals surface area contributed by atoms with E-state index < -0.39 is 10.0 Å². The lowest BCUT2D eigenvalue weighted by Crippen LogP contribution is -2.22. The third kappa shape index (κ3) is 3.61. The Labute approximate surface area is 112 Å². The van der Waals surface area contributed by atoms with Crippen molar-refractivity contribution in [3.63, 3.8) is 0 Å². The highest BCUT2D eigenvalue weighted by atomic mass is 32.2. The van der Waals surface area contributed by atoms with Gasteiger partial charge in [0.25, 0.3) is 0 Å². The van der Waals surface area contributed by atoms with E-state index in [1.54, 1.807) is 12.1 Å². The van der Waals surface area contributed by atoms with Gasteiger partial charge in [-0.2, -0.15) is 0 Å². The number of nitrogens with zero attached hydrogens (tertiary/aromatic N) is 1. The monoisotopic (exact) mass is 290 g/mol. The highest BCUT2D eigenvalue weighted by Gasteiger charge is 2.18. The third-order valence-electron chi connectivity index (χ3n) is 2.32. The zero-order valence-corrected chi connectivity index (χ0v) is 12.1. The Morgan fingerprint density at radius 3 is 2.56 bits per heavy atom. The second kappa shape index (κ2) is 6.42. The van der Waals surface area contributed by atoms with Crippen LogP contribution in [0.5, 0.6) is 0 Å². The van der Waals surface area contributed by atoms with Gasteiger partial charge in [-0.05, 0) is 24.6 Å². The lowest BCUT2D eigenvalue weighted by molar-refractivity contribution is 0.296. The molecule has 0 saturated heterocycles. The van der Waals surface area contributed by atoms with Crippen LogP contribution in [0, 0.1) is 0 Å².